The van der Waals surface area contributed by atoms with E-state index in [-0.39, 0.29) is 5.75 Å². The monoisotopic (exact) mass is 433 g/mol. The van der Waals surface area contributed by atoms with Crippen molar-refractivity contribution in [1.82, 2.24) is 19.3 Å². The van der Waals surface area contributed by atoms with Crippen molar-refractivity contribution in [3.05, 3.63) is 48.9 Å². The summed E-state index contributed by atoms with van der Waals surface area (Å²) in [6.07, 6.45) is 5.55. The number of carbonyl (C=O) groups excluding carboxylic acids is 1. The lowest BCUT2D eigenvalue weighted by Gasteiger charge is -2.17. The van der Waals surface area contributed by atoms with Crippen molar-refractivity contribution in [2.45, 2.75) is 19.4 Å². The Morgan fingerprint density at radius 2 is 2.00 bits per heavy atom. The first kappa shape index (κ1) is 21.3. The molecule has 0 spiro atoms. The lowest BCUT2D eigenvalue weighted by molar-refractivity contribution is -0.117. The van der Waals surface area contributed by atoms with Crippen LogP contribution in [0.4, 0.5) is 5.69 Å². The number of benzene rings is 1. The lowest BCUT2D eigenvalue weighted by atomic mass is 10.2. The normalized spacial score (nSPS) is 12.8. The second-order valence-electron chi connectivity index (χ2n) is 6.35. The largest absolute Gasteiger partial charge is 0.323 e. The number of hydrogen-bond acceptors (Lipinski definition) is 6. The maximum atomic E-state index is 12.6. The van der Waals surface area contributed by atoms with Crippen LogP contribution in [0, 0.1) is 0 Å². The first-order chi connectivity index (χ1) is 13.9. The Morgan fingerprint density at radius 1 is 1.21 bits per heavy atom. The van der Waals surface area contributed by atoms with Crippen molar-refractivity contribution < 1.29 is 13.2 Å². The molecule has 0 aliphatic rings. The molecule has 2 N–H and O–H groups in total. The van der Waals surface area contributed by atoms with Gasteiger partial charge in [-0.2, -0.15) is 11.8 Å². The number of aromatic nitrogens is 3. The Morgan fingerprint density at radius 3 is 2.69 bits per heavy atom. The highest BCUT2D eigenvalue weighted by molar-refractivity contribution is 7.98. The van der Waals surface area contributed by atoms with Crippen molar-refractivity contribution in [2.24, 2.45) is 0 Å². The minimum atomic E-state index is -3.49. The molecule has 0 aliphatic heterocycles. The summed E-state index contributed by atoms with van der Waals surface area (Å²) in [6.45, 7) is 1.54. The van der Waals surface area contributed by atoms with E-state index < -0.39 is 22.0 Å². The van der Waals surface area contributed by atoms with Gasteiger partial charge in [0.25, 0.3) is 0 Å². The van der Waals surface area contributed by atoms with Gasteiger partial charge in [0.2, 0.25) is 15.9 Å². The van der Waals surface area contributed by atoms with Crippen LogP contribution in [0.5, 0.6) is 0 Å². The molecule has 2 aromatic heterocycles. The van der Waals surface area contributed by atoms with E-state index in [1.54, 1.807) is 36.4 Å². The minimum Gasteiger partial charge on any atom is -0.323 e. The number of carbonyl (C=O) groups is 1. The Hall–Kier alpha value is -2.43. The number of pyridine rings is 1. The average molecular weight is 434 g/mol. The Labute approximate surface area is 174 Å². The van der Waals surface area contributed by atoms with E-state index in [4.69, 9.17) is 0 Å². The van der Waals surface area contributed by atoms with E-state index in [9.17, 15) is 13.2 Å². The van der Waals surface area contributed by atoms with Gasteiger partial charge in [0.1, 0.15) is 18.2 Å². The molecule has 2 heterocycles. The Balaban J connectivity index is 1.74. The minimum absolute atomic E-state index is 0.0782. The SMILES string of the molecule is CCS(=O)(=O)NC(CCSC)C(=O)Nc1ccc(-n2cnc3ccccc32)nc1. The molecule has 0 saturated carbocycles. The molecule has 0 radical (unpaired) electrons. The molecule has 1 aromatic carbocycles. The van der Waals surface area contributed by atoms with Crippen LogP contribution in [0.25, 0.3) is 16.9 Å². The van der Waals surface area contributed by atoms with E-state index in [0.29, 0.717) is 23.7 Å². The zero-order valence-electron chi connectivity index (χ0n) is 16.2. The fourth-order valence-electron chi connectivity index (χ4n) is 2.75. The third kappa shape index (κ3) is 5.34. The summed E-state index contributed by atoms with van der Waals surface area (Å²) in [6, 6.07) is 10.4. The van der Waals surface area contributed by atoms with Crippen LogP contribution in [-0.4, -0.2) is 52.7 Å². The number of sulfonamides is 1. The van der Waals surface area contributed by atoms with E-state index in [1.165, 1.54) is 6.92 Å². The van der Waals surface area contributed by atoms with Crippen LogP contribution in [0.2, 0.25) is 0 Å². The fraction of sp³-hybridized carbons (Fsp3) is 0.316. The van der Waals surface area contributed by atoms with Gasteiger partial charge in [-0.25, -0.2) is 23.1 Å². The highest BCUT2D eigenvalue weighted by Crippen LogP contribution is 2.18. The van der Waals surface area contributed by atoms with Gasteiger partial charge in [0.15, 0.2) is 0 Å². The quantitative estimate of drug-likeness (QED) is 0.537. The summed E-state index contributed by atoms with van der Waals surface area (Å²) >= 11 is 1.55. The number of rotatable bonds is 9. The molecule has 0 bridgehead atoms. The number of fused-ring (bicyclic) bond motifs is 1. The number of nitrogens with one attached hydrogen (secondary N) is 2. The zero-order valence-corrected chi connectivity index (χ0v) is 17.8. The predicted octanol–water partition coefficient (Wildman–Crippen LogP) is 2.42. The topological polar surface area (TPSA) is 106 Å². The first-order valence-electron chi connectivity index (χ1n) is 9.12. The molecule has 8 nitrogen and oxygen atoms in total. The van der Waals surface area contributed by atoms with Gasteiger partial charge in [0.05, 0.1) is 28.7 Å². The highest BCUT2D eigenvalue weighted by atomic mass is 32.2. The average Bonchev–Trinajstić information content (AvgIpc) is 3.16. The van der Waals surface area contributed by atoms with Crippen LogP contribution in [-0.2, 0) is 14.8 Å². The Kier molecular flexibility index (Phi) is 6.88. The summed E-state index contributed by atoms with van der Waals surface area (Å²) in [4.78, 5) is 21.4. The fourth-order valence-corrected chi connectivity index (χ4v) is 4.05. The predicted molar refractivity (Wildman–Crippen MR) is 117 cm³/mol. The standard InChI is InChI=1S/C19H23N5O3S2/c1-3-29(26,27)23-16(10-11-28-2)19(25)22-14-8-9-18(20-12-14)24-13-21-15-6-4-5-7-17(15)24/h4-9,12-13,16,23H,3,10-11H2,1-2H3,(H,22,25). The van der Waals surface area contributed by atoms with Gasteiger partial charge < -0.3 is 5.32 Å². The summed E-state index contributed by atoms with van der Waals surface area (Å²) in [5.74, 6) is 0.849. The van der Waals surface area contributed by atoms with Crippen LogP contribution < -0.4 is 10.0 Å². The van der Waals surface area contributed by atoms with Gasteiger partial charge in [-0.1, -0.05) is 12.1 Å². The zero-order chi connectivity index (χ0) is 20.9. The van der Waals surface area contributed by atoms with Crippen molar-refractivity contribution >= 4 is 44.4 Å². The van der Waals surface area contributed by atoms with Crippen molar-refractivity contribution in [3.63, 3.8) is 0 Å². The van der Waals surface area contributed by atoms with Gasteiger partial charge >= 0.3 is 0 Å². The molecule has 1 unspecified atom stereocenters. The molecular formula is C19H23N5O3S2. The van der Waals surface area contributed by atoms with Crippen LogP contribution in [0.3, 0.4) is 0 Å². The van der Waals surface area contributed by atoms with Gasteiger partial charge in [-0.15, -0.1) is 0 Å². The van der Waals surface area contributed by atoms with Crippen molar-refractivity contribution in [3.8, 4) is 5.82 Å². The summed E-state index contributed by atoms with van der Waals surface area (Å²) < 4.78 is 28.1. The molecule has 154 valence electrons. The summed E-state index contributed by atoms with van der Waals surface area (Å²) in [5, 5.41) is 2.74. The van der Waals surface area contributed by atoms with Crippen LogP contribution in [0.1, 0.15) is 13.3 Å². The number of amides is 1. The van der Waals surface area contributed by atoms with Gasteiger partial charge in [-0.05, 0) is 49.6 Å². The number of nitrogens with zero attached hydrogens (tertiary/aromatic N) is 3. The van der Waals surface area contributed by atoms with E-state index in [0.717, 1.165) is 11.0 Å². The molecule has 0 aliphatic carbocycles. The van der Waals surface area contributed by atoms with E-state index in [2.05, 4.69) is 20.0 Å². The third-order valence-electron chi connectivity index (χ3n) is 4.34. The number of para-hydroxylation sites is 2. The molecule has 3 aromatic rings. The van der Waals surface area contributed by atoms with Crippen molar-refractivity contribution in [1.29, 1.82) is 0 Å². The molecule has 1 amide bonds. The second kappa shape index (κ2) is 9.38. The molecule has 0 saturated heterocycles. The number of thioether (sulfide) groups is 1. The summed E-state index contributed by atoms with van der Waals surface area (Å²) in [7, 11) is -3.49. The molecule has 0 fully saturated rings. The number of hydrogen-bond donors (Lipinski definition) is 2. The van der Waals surface area contributed by atoms with Crippen LogP contribution in [0.15, 0.2) is 48.9 Å². The maximum absolute atomic E-state index is 12.6. The molecule has 3 rings (SSSR count). The van der Waals surface area contributed by atoms with Gasteiger partial charge in [0, 0.05) is 0 Å². The summed E-state index contributed by atoms with van der Waals surface area (Å²) in [5.41, 5.74) is 2.29. The molecule has 29 heavy (non-hydrogen) atoms. The van der Waals surface area contributed by atoms with Crippen molar-refractivity contribution in [2.75, 3.05) is 23.1 Å². The number of imidazole rings is 1. The maximum Gasteiger partial charge on any atom is 0.242 e. The molecule has 1 atom stereocenters. The highest BCUT2D eigenvalue weighted by Gasteiger charge is 2.23. The van der Waals surface area contributed by atoms with E-state index in [1.807, 2.05) is 35.1 Å². The third-order valence-corrected chi connectivity index (χ3v) is 6.39. The molecule has 10 heteroatoms. The first-order valence-corrected chi connectivity index (χ1v) is 12.2. The number of anilines is 1. The van der Waals surface area contributed by atoms with Crippen LogP contribution >= 0.6 is 11.8 Å². The van der Waals surface area contributed by atoms with Gasteiger partial charge in [-0.3, -0.25) is 9.36 Å². The Bertz CT molecular complexity index is 1080. The smallest absolute Gasteiger partial charge is 0.242 e. The van der Waals surface area contributed by atoms with E-state index >= 15 is 0 Å². The second-order valence-corrected chi connectivity index (χ2v) is 9.38. The molecular weight excluding hydrogens is 410 g/mol. The lowest BCUT2D eigenvalue weighted by Crippen LogP contribution is -2.44.